The van der Waals surface area contributed by atoms with Crippen molar-refractivity contribution >= 4 is 29.3 Å². The lowest BCUT2D eigenvalue weighted by molar-refractivity contribution is -0.384. The van der Waals surface area contributed by atoms with Gasteiger partial charge in [0.05, 0.1) is 10.5 Å². The van der Waals surface area contributed by atoms with Crippen LogP contribution in [0.25, 0.3) is 0 Å². The highest BCUT2D eigenvalue weighted by Crippen LogP contribution is 2.22. The largest absolute Gasteiger partial charge is 0.452 e. The van der Waals surface area contributed by atoms with E-state index in [1.165, 1.54) is 24.1 Å². The van der Waals surface area contributed by atoms with Gasteiger partial charge in [-0.3, -0.25) is 20.2 Å². The summed E-state index contributed by atoms with van der Waals surface area (Å²) in [6.07, 6.45) is 7.35. The normalized spacial score (nSPS) is 13.1. The van der Waals surface area contributed by atoms with Crippen LogP contribution in [0.5, 0.6) is 0 Å². The van der Waals surface area contributed by atoms with Gasteiger partial charge in [-0.05, 0) is 38.2 Å². The maximum Gasteiger partial charge on any atom is 0.341 e. The van der Waals surface area contributed by atoms with Gasteiger partial charge in [0.25, 0.3) is 11.6 Å². The average Bonchev–Trinajstić information content (AvgIpc) is 2.72. The molecule has 0 aliphatic heterocycles. The fourth-order valence-electron chi connectivity index (χ4n) is 2.92. The lowest BCUT2D eigenvalue weighted by Gasteiger charge is -2.13. The number of hydrogen-bond donors (Lipinski definition) is 3. The second-order valence-corrected chi connectivity index (χ2v) is 6.48. The number of allylic oxidation sites excluding steroid dienone is 1. The highest BCUT2D eigenvalue weighted by molar-refractivity contribution is 5.99. The zero-order valence-corrected chi connectivity index (χ0v) is 16.2. The number of nitrogens with one attached hydrogen (secondary N) is 3. The van der Waals surface area contributed by atoms with Crippen molar-refractivity contribution in [3.05, 3.63) is 45.5 Å². The van der Waals surface area contributed by atoms with Crippen LogP contribution in [-0.2, 0) is 9.53 Å². The number of benzene rings is 1. The zero-order chi connectivity index (χ0) is 21.2. The van der Waals surface area contributed by atoms with E-state index in [2.05, 4.69) is 22.0 Å². The molecule has 0 spiro atoms. The number of urea groups is 1. The first-order chi connectivity index (χ1) is 13.9. The Labute approximate surface area is 167 Å². The van der Waals surface area contributed by atoms with Gasteiger partial charge >= 0.3 is 12.0 Å². The van der Waals surface area contributed by atoms with Crippen molar-refractivity contribution in [1.82, 2.24) is 10.6 Å². The Balaban J connectivity index is 1.78. The minimum Gasteiger partial charge on any atom is -0.452 e. The van der Waals surface area contributed by atoms with Crippen LogP contribution in [0.3, 0.4) is 0 Å². The SMILES string of the molecule is CNc1ccc([N+](=O)[O-])cc1C(=O)OCC(=O)NC(=O)NCCC1=CCCCC1. The van der Waals surface area contributed by atoms with E-state index in [0.29, 0.717) is 12.2 Å². The third kappa shape index (κ3) is 6.91. The van der Waals surface area contributed by atoms with Gasteiger partial charge in [0.1, 0.15) is 0 Å². The first-order valence-corrected chi connectivity index (χ1v) is 9.29. The van der Waals surface area contributed by atoms with Crippen LogP contribution >= 0.6 is 0 Å². The molecule has 0 unspecified atom stereocenters. The molecule has 2 rings (SSSR count). The summed E-state index contributed by atoms with van der Waals surface area (Å²) in [5.74, 6) is -1.72. The number of nitro benzene ring substituents is 1. The molecule has 1 aromatic rings. The smallest absolute Gasteiger partial charge is 0.341 e. The topological polar surface area (TPSA) is 140 Å². The van der Waals surface area contributed by atoms with Crippen molar-refractivity contribution in [3.8, 4) is 0 Å². The number of nitro groups is 1. The van der Waals surface area contributed by atoms with E-state index >= 15 is 0 Å². The van der Waals surface area contributed by atoms with Gasteiger partial charge in [0, 0.05) is 31.4 Å². The Morgan fingerprint density at radius 2 is 2.03 bits per heavy atom. The molecule has 1 aliphatic carbocycles. The van der Waals surface area contributed by atoms with Gasteiger partial charge in [0.15, 0.2) is 6.61 Å². The Morgan fingerprint density at radius 1 is 1.24 bits per heavy atom. The van der Waals surface area contributed by atoms with E-state index in [-0.39, 0.29) is 11.3 Å². The van der Waals surface area contributed by atoms with Crippen molar-refractivity contribution in [3.63, 3.8) is 0 Å². The molecule has 1 aliphatic rings. The van der Waals surface area contributed by atoms with Crippen molar-refractivity contribution in [1.29, 1.82) is 0 Å². The van der Waals surface area contributed by atoms with E-state index in [0.717, 1.165) is 31.7 Å². The van der Waals surface area contributed by atoms with E-state index in [9.17, 15) is 24.5 Å². The Bertz CT molecular complexity index is 821. The molecule has 3 N–H and O–H groups in total. The fourth-order valence-corrected chi connectivity index (χ4v) is 2.92. The molecule has 0 bridgehead atoms. The molecule has 10 heteroatoms. The summed E-state index contributed by atoms with van der Waals surface area (Å²) in [4.78, 5) is 45.9. The van der Waals surface area contributed by atoms with Crippen LogP contribution < -0.4 is 16.0 Å². The molecule has 0 heterocycles. The molecule has 0 fully saturated rings. The summed E-state index contributed by atoms with van der Waals surface area (Å²) in [5.41, 5.74) is 1.25. The molecule has 1 aromatic carbocycles. The van der Waals surface area contributed by atoms with Crippen LogP contribution in [0, 0.1) is 10.1 Å². The molecule has 0 atom stereocenters. The number of ether oxygens (including phenoxy) is 1. The number of anilines is 1. The molecular formula is C19H24N4O6. The van der Waals surface area contributed by atoms with Crippen LogP contribution in [0.1, 0.15) is 42.5 Å². The second-order valence-electron chi connectivity index (χ2n) is 6.48. The average molecular weight is 404 g/mol. The number of esters is 1. The van der Waals surface area contributed by atoms with Crippen LogP contribution in [0.15, 0.2) is 29.8 Å². The molecular weight excluding hydrogens is 380 g/mol. The third-order valence-electron chi connectivity index (χ3n) is 4.41. The van der Waals surface area contributed by atoms with Gasteiger partial charge in [-0.1, -0.05) is 11.6 Å². The highest BCUT2D eigenvalue weighted by atomic mass is 16.6. The maximum atomic E-state index is 12.2. The number of hydrogen-bond acceptors (Lipinski definition) is 7. The molecule has 3 amide bonds. The molecule has 0 saturated carbocycles. The van der Waals surface area contributed by atoms with E-state index < -0.39 is 29.4 Å². The molecule has 0 radical (unpaired) electrons. The number of non-ortho nitro benzene ring substituents is 1. The quantitative estimate of drug-likeness (QED) is 0.262. The molecule has 156 valence electrons. The summed E-state index contributed by atoms with van der Waals surface area (Å²) >= 11 is 0. The number of amides is 3. The molecule has 0 saturated heterocycles. The van der Waals surface area contributed by atoms with E-state index in [1.54, 1.807) is 7.05 Å². The van der Waals surface area contributed by atoms with Crippen molar-refractivity contribution in [2.75, 3.05) is 25.5 Å². The Morgan fingerprint density at radius 3 is 2.69 bits per heavy atom. The predicted octanol–water partition coefficient (Wildman–Crippen LogP) is 2.51. The number of carbonyl (C=O) groups is 3. The zero-order valence-electron chi connectivity index (χ0n) is 16.2. The van der Waals surface area contributed by atoms with Crippen molar-refractivity contribution in [2.45, 2.75) is 32.1 Å². The van der Waals surface area contributed by atoms with Gasteiger partial charge in [0.2, 0.25) is 0 Å². The van der Waals surface area contributed by atoms with Crippen LogP contribution in [0.4, 0.5) is 16.2 Å². The summed E-state index contributed by atoms with van der Waals surface area (Å²) < 4.78 is 4.86. The number of carbonyl (C=O) groups excluding carboxylic acids is 3. The van der Waals surface area contributed by atoms with Gasteiger partial charge in [-0.25, -0.2) is 9.59 Å². The molecule has 0 aromatic heterocycles. The second kappa shape index (κ2) is 10.8. The third-order valence-corrected chi connectivity index (χ3v) is 4.41. The minimum absolute atomic E-state index is 0.0836. The highest BCUT2D eigenvalue weighted by Gasteiger charge is 2.19. The Kier molecular flexibility index (Phi) is 8.13. The lowest BCUT2D eigenvalue weighted by Crippen LogP contribution is -2.41. The van der Waals surface area contributed by atoms with Gasteiger partial charge < -0.3 is 15.4 Å². The molecule has 29 heavy (non-hydrogen) atoms. The van der Waals surface area contributed by atoms with Gasteiger partial charge in [-0.15, -0.1) is 0 Å². The summed E-state index contributed by atoms with van der Waals surface area (Å²) in [6.45, 7) is -0.285. The summed E-state index contributed by atoms with van der Waals surface area (Å²) in [6, 6.07) is 2.99. The number of nitrogens with zero attached hydrogens (tertiary/aromatic N) is 1. The van der Waals surface area contributed by atoms with E-state index in [1.807, 2.05) is 0 Å². The number of rotatable bonds is 8. The van der Waals surface area contributed by atoms with Crippen molar-refractivity contribution in [2.24, 2.45) is 0 Å². The van der Waals surface area contributed by atoms with Gasteiger partial charge in [-0.2, -0.15) is 0 Å². The van der Waals surface area contributed by atoms with Crippen LogP contribution in [-0.4, -0.2) is 43.0 Å². The minimum atomic E-state index is -0.919. The van der Waals surface area contributed by atoms with E-state index in [4.69, 9.17) is 4.74 Å². The molecule has 10 nitrogen and oxygen atoms in total. The van der Waals surface area contributed by atoms with Crippen LogP contribution in [0.2, 0.25) is 0 Å². The first-order valence-electron chi connectivity index (χ1n) is 9.29. The maximum absolute atomic E-state index is 12.2. The Hall–Kier alpha value is -3.43. The number of imide groups is 1. The van der Waals surface area contributed by atoms with Crippen molar-refractivity contribution < 1.29 is 24.0 Å². The predicted molar refractivity (Wildman–Crippen MR) is 106 cm³/mol. The first kappa shape index (κ1) is 21.9. The lowest BCUT2D eigenvalue weighted by atomic mass is 9.97. The summed E-state index contributed by atoms with van der Waals surface area (Å²) in [7, 11) is 1.54. The standard InChI is InChI=1S/C19H24N4O6/c1-20-16-8-7-14(23(27)28)11-15(16)18(25)29-12-17(24)22-19(26)21-10-9-13-5-3-2-4-6-13/h5,7-8,11,20H,2-4,6,9-10,12H2,1H3,(H2,21,22,24,26). The fraction of sp³-hybridized carbons (Fsp3) is 0.421. The summed E-state index contributed by atoms with van der Waals surface area (Å²) in [5, 5.41) is 18.2. The monoisotopic (exact) mass is 404 g/mol.